The van der Waals surface area contributed by atoms with Crippen LogP contribution >= 0.6 is 0 Å². The maximum absolute atomic E-state index is 5.47. The summed E-state index contributed by atoms with van der Waals surface area (Å²) in [5, 5.41) is 11.9. The van der Waals surface area contributed by atoms with Crippen molar-refractivity contribution in [1.29, 1.82) is 0 Å². The Kier molecular flexibility index (Phi) is 5.74. The molecule has 2 aromatic heterocycles. The maximum atomic E-state index is 5.47. The lowest BCUT2D eigenvalue weighted by Gasteiger charge is -2.30. The molecule has 0 spiro atoms. The van der Waals surface area contributed by atoms with E-state index >= 15 is 0 Å². The van der Waals surface area contributed by atoms with Crippen molar-refractivity contribution >= 4 is 5.96 Å². The van der Waals surface area contributed by atoms with Crippen LogP contribution in [0.25, 0.3) is 0 Å². The average Bonchev–Trinajstić information content (AvgIpc) is 3.43. The topological polar surface area (TPSA) is 80.3 Å². The minimum absolute atomic E-state index is 0.126. The van der Waals surface area contributed by atoms with Gasteiger partial charge in [-0.2, -0.15) is 5.10 Å². The molecule has 2 aliphatic rings. The number of aromatic nitrogens is 3. The normalized spacial score (nSPS) is 20.7. The Labute approximate surface area is 183 Å². The molecule has 2 unspecified atom stereocenters. The molecule has 2 atom stereocenters. The summed E-state index contributed by atoms with van der Waals surface area (Å²) in [5.41, 5.74) is 2.91. The van der Waals surface area contributed by atoms with Gasteiger partial charge in [0, 0.05) is 25.6 Å². The molecule has 7 heteroatoms. The van der Waals surface area contributed by atoms with E-state index in [1.54, 1.807) is 6.26 Å². The Hall–Kier alpha value is -3.09. The van der Waals surface area contributed by atoms with Crippen LogP contribution in [0.15, 0.2) is 52.1 Å². The van der Waals surface area contributed by atoms with Crippen LogP contribution in [0, 0.1) is 6.92 Å². The molecule has 0 saturated heterocycles. The van der Waals surface area contributed by atoms with E-state index in [4.69, 9.17) is 9.41 Å². The standard InChI is InChI=1S/C24H30N6O/c1-17-26-23-22(9-4-14-30(23)29-17)28-24(25-13-12-21-8-5-15-31-21)27-20-11-10-18-6-2-3-7-19(18)16-20/h2-3,5-8,15,20,22H,4,9-14,16H2,1H3,(H2,25,27,28). The van der Waals surface area contributed by atoms with E-state index in [-0.39, 0.29) is 6.04 Å². The van der Waals surface area contributed by atoms with Crippen molar-refractivity contribution in [2.24, 2.45) is 4.99 Å². The van der Waals surface area contributed by atoms with E-state index in [2.05, 4.69) is 45.0 Å². The number of hydrogen-bond donors (Lipinski definition) is 2. The molecule has 1 aromatic carbocycles. The molecular weight excluding hydrogens is 388 g/mol. The third kappa shape index (κ3) is 4.65. The van der Waals surface area contributed by atoms with Crippen molar-refractivity contribution in [3.8, 4) is 0 Å². The van der Waals surface area contributed by atoms with Gasteiger partial charge in [-0.05, 0) is 62.3 Å². The van der Waals surface area contributed by atoms with Gasteiger partial charge in [0.25, 0.3) is 0 Å². The molecule has 0 bridgehead atoms. The molecule has 3 aromatic rings. The summed E-state index contributed by atoms with van der Waals surface area (Å²) in [4.78, 5) is 9.57. The summed E-state index contributed by atoms with van der Waals surface area (Å²) in [7, 11) is 0. The lowest BCUT2D eigenvalue weighted by Crippen LogP contribution is -2.47. The molecule has 0 amide bonds. The van der Waals surface area contributed by atoms with Gasteiger partial charge in [-0.15, -0.1) is 0 Å². The minimum Gasteiger partial charge on any atom is -0.469 e. The SMILES string of the molecule is Cc1nc2n(n1)CCCC2NC(=NCCc1ccco1)NC1CCc2ccccc2C1. The molecular formula is C24H30N6O. The van der Waals surface area contributed by atoms with Gasteiger partial charge in [-0.1, -0.05) is 24.3 Å². The van der Waals surface area contributed by atoms with E-state index < -0.39 is 0 Å². The Morgan fingerprint density at radius 2 is 2.06 bits per heavy atom. The molecule has 162 valence electrons. The Morgan fingerprint density at radius 3 is 2.94 bits per heavy atom. The first-order valence-electron chi connectivity index (χ1n) is 11.3. The molecule has 0 radical (unpaired) electrons. The number of nitrogens with zero attached hydrogens (tertiary/aromatic N) is 4. The number of guanidine groups is 1. The first-order valence-corrected chi connectivity index (χ1v) is 11.3. The van der Waals surface area contributed by atoms with Crippen LogP contribution in [0.4, 0.5) is 0 Å². The lowest BCUT2D eigenvalue weighted by atomic mass is 9.88. The monoisotopic (exact) mass is 418 g/mol. The number of aryl methyl sites for hydroxylation is 3. The lowest BCUT2D eigenvalue weighted by molar-refractivity contribution is 0.394. The highest BCUT2D eigenvalue weighted by Crippen LogP contribution is 2.24. The van der Waals surface area contributed by atoms with Gasteiger partial charge in [0.1, 0.15) is 17.4 Å². The zero-order valence-corrected chi connectivity index (χ0v) is 18.1. The maximum Gasteiger partial charge on any atom is 0.192 e. The number of furan rings is 1. The first-order chi connectivity index (χ1) is 15.2. The van der Waals surface area contributed by atoms with Crippen LogP contribution in [0.5, 0.6) is 0 Å². The second kappa shape index (κ2) is 8.96. The van der Waals surface area contributed by atoms with Crippen molar-refractivity contribution in [1.82, 2.24) is 25.4 Å². The minimum atomic E-state index is 0.126. The summed E-state index contributed by atoms with van der Waals surface area (Å²) in [6, 6.07) is 13.2. The summed E-state index contributed by atoms with van der Waals surface area (Å²) in [5.74, 6) is 3.66. The number of hydrogen-bond acceptors (Lipinski definition) is 4. The van der Waals surface area contributed by atoms with Crippen LogP contribution < -0.4 is 10.6 Å². The van der Waals surface area contributed by atoms with Crippen LogP contribution in [-0.2, 0) is 25.8 Å². The largest absolute Gasteiger partial charge is 0.469 e. The predicted octanol–water partition coefficient (Wildman–Crippen LogP) is 3.35. The third-order valence-electron chi connectivity index (χ3n) is 6.19. The zero-order chi connectivity index (χ0) is 21.0. The van der Waals surface area contributed by atoms with Crippen LogP contribution in [-0.4, -0.2) is 33.3 Å². The number of rotatable bonds is 5. The van der Waals surface area contributed by atoms with E-state index in [1.807, 2.05) is 23.7 Å². The molecule has 0 fully saturated rings. The molecule has 3 heterocycles. The third-order valence-corrected chi connectivity index (χ3v) is 6.19. The summed E-state index contributed by atoms with van der Waals surface area (Å²) in [6.07, 6.45) is 7.85. The van der Waals surface area contributed by atoms with Crippen LogP contribution in [0.1, 0.15) is 53.8 Å². The first kappa shape index (κ1) is 19.8. The second-order valence-corrected chi connectivity index (χ2v) is 8.49. The Morgan fingerprint density at radius 1 is 1.16 bits per heavy atom. The highest BCUT2D eigenvalue weighted by molar-refractivity contribution is 5.80. The fraction of sp³-hybridized carbons (Fsp3) is 0.458. The van der Waals surface area contributed by atoms with Crippen molar-refractivity contribution in [3.63, 3.8) is 0 Å². The van der Waals surface area contributed by atoms with Gasteiger partial charge in [-0.25, -0.2) is 9.67 Å². The van der Waals surface area contributed by atoms with E-state index in [9.17, 15) is 0 Å². The fourth-order valence-electron chi connectivity index (χ4n) is 4.65. The molecule has 1 aliphatic heterocycles. The molecule has 0 saturated carbocycles. The molecule has 7 nitrogen and oxygen atoms in total. The zero-order valence-electron chi connectivity index (χ0n) is 18.1. The van der Waals surface area contributed by atoms with Crippen molar-refractivity contribution < 1.29 is 4.42 Å². The van der Waals surface area contributed by atoms with Gasteiger partial charge in [0.15, 0.2) is 5.96 Å². The van der Waals surface area contributed by atoms with Gasteiger partial charge < -0.3 is 15.1 Å². The van der Waals surface area contributed by atoms with Gasteiger partial charge in [-0.3, -0.25) is 4.99 Å². The average molecular weight is 419 g/mol. The molecule has 1 aliphatic carbocycles. The fourth-order valence-corrected chi connectivity index (χ4v) is 4.65. The van der Waals surface area contributed by atoms with Crippen molar-refractivity contribution in [2.45, 2.75) is 64.1 Å². The summed E-state index contributed by atoms with van der Waals surface area (Å²) < 4.78 is 7.51. The van der Waals surface area contributed by atoms with Crippen molar-refractivity contribution in [2.75, 3.05) is 6.54 Å². The molecule has 31 heavy (non-hydrogen) atoms. The summed E-state index contributed by atoms with van der Waals surface area (Å²) in [6.45, 7) is 3.56. The quantitative estimate of drug-likeness (QED) is 0.491. The highest BCUT2D eigenvalue weighted by atomic mass is 16.3. The molecule has 2 N–H and O–H groups in total. The van der Waals surface area contributed by atoms with Gasteiger partial charge in [0.2, 0.25) is 0 Å². The van der Waals surface area contributed by atoms with Crippen molar-refractivity contribution in [3.05, 3.63) is 71.2 Å². The number of nitrogens with one attached hydrogen (secondary N) is 2. The van der Waals surface area contributed by atoms with Crippen LogP contribution in [0.3, 0.4) is 0 Å². The van der Waals surface area contributed by atoms with E-state index in [1.165, 1.54) is 11.1 Å². The Bertz CT molecular complexity index is 1040. The van der Waals surface area contributed by atoms with Gasteiger partial charge >= 0.3 is 0 Å². The number of aliphatic imine (C=N–C) groups is 1. The molecule has 5 rings (SSSR count). The smallest absolute Gasteiger partial charge is 0.192 e. The summed E-state index contributed by atoms with van der Waals surface area (Å²) >= 11 is 0. The van der Waals surface area contributed by atoms with E-state index in [0.29, 0.717) is 12.6 Å². The van der Waals surface area contributed by atoms with Gasteiger partial charge in [0.05, 0.1) is 12.3 Å². The van der Waals surface area contributed by atoms with Crippen LogP contribution in [0.2, 0.25) is 0 Å². The predicted molar refractivity (Wildman–Crippen MR) is 120 cm³/mol. The number of fused-ring (bicyclic) bond motifs is 2. The second-order valence-electron chi connectivity index (χ2n) is 8.49. The Balaban J connectivity index is 1.31. The highest BCUT2D eigenvalue weighted by Gasteiger charge is 2.26. The number of benzene rings is 1. The van der Waals surface area contributed by atoms with E-state index in [0.717, 1.165) is 68.4 Å².